The Balaban J connectivity index is 2.09. The maximum Gasteiger partial charge on any atom is 0.416 e. The minimum absolute atomic E-state index is 0.262. The number of halogens is 3. The Kier molecular flexibility index (Phi) is 4.54. The molecule has 0 saturated heterocycles. The highest BCUT2D eigenvalue weighted by molar-refractivity contribution is 5.38. The van der Waals surface area contributed by atoms with Crippen molar-refractivity contribution in [1.82, 2.24) is 25.1 Å². The molecule has 5 nitrogen and oxygen atoms in total. The SMILES string of the molecule is CN(C)[C@H](c1ccccc1)c1nnnn1-c1cccc(C(F)(F)F)c1. The van der Waals surface area contributed by atoms with Crippen LogP contribution in [0.15, 0.2) is 54.6 Å². The molecule has 0 bridgehead atoms. The van der Waals surface area contributed by atoms with Crippen molar-refractivity contribution in [1.29, 1.82) is 0 Å². The van der Waals surface area contributed by atoms with Crippen LogP contribution in [0.4, 0.5) is 13.2 Å². The number of aromatic nitrogens is 4. The molecule has 2 aromatic carbocycles. The largest absolute Gasteiger partial charge is 0.416 e. The second-order valence-electron chi connectivity index (χ2n) is 5.77. The average molecular weight is 347 g/mol. The maximum atomic E-state index is 13.0. The third-order valence-corrected chi connectivity index (χ3v) is 3.79. The molecule has 0 fully saturated rings. The third kappa shape index (κ3) is 3.53. The van der Waals surface area contributed by atoms with Crippen LogP contribution in [0.3, 0.4) is 0 Å². The van der Waals surface area contributed by atoms with Crippen molar-refractivity contribution in [2.45, 2.75) is 12.2 Å². The average Bonchev–Trinajstić information content (AvgIpc) is 3.04. The molecule has 0 aliphatic heterocycles. The lowest BCUT2D eigenvalue weighted by Crippen LogP contribution is -2.24. The normalized spacial score (nSPS) is 13.2. The molecule has 3 aromatic rings. The maximum absolute atomic E-state index is 13.0. The minimum atomic E-state index is -4.43. The van der Waals surface area contributed by atoms with Gasteiger partial charge in [0.15, 0.2) is 5.82 Å². The van der Waals surface area contributed by atoms with Gasteiger partial charge in [0, 0.05) is 0 Å². The van der Waals surface area contributed by atoms with Gasteiger partial charge in [-0.2, -0.15) is 17.9 Å². The predicted molar refractivity (Wildman–Crippen MR) is 86.1 cm³/mol. The Labute approximate surface area is 142 Å². The van der Waals surface area contributed by atoms with Crippen molar-refractivity contribution < 1.29 is 13.2 Å². The van der Waals surface area contributed by atoms with Crippen LogP contribution in [0.5, 0.6) is 0 Å². The summed E-state index contributed by atoms with van der Waals surface area (Å²) in [6, 6.07) is 14.2. The standard InChI is InChI=1S/C17H16F3N5/c1-24(2)15(12-7-4-3-5-8-12)16-21-22-23-25(16)14-10-6-9-13(11-14)17(18,19)20/h3-11,15H,1-2H3/t15-/m1/s1. The summed E-state index contributed by atoms with van der Waals surface area (Å²) >= 11 is 0. The fourth-order valence-electron chi connectivity index (χ4n) is 2.68. The molecular weight excluding hydrogens is 331 g/mol. The molecule has 1 aromatic heterocycles. The fraction of sp³-hybridized carbons (Fsp3) is 0.235. The molecule has 0 unspecified atom stereocenters. The summed E-state index contributed by atoms with van der Waals surface area (Å²) in [6.45, 7) is 0. The molecule has 0 amide bonds. The van der Waals surface area contributed by atoms with Crippen LogP contribution in [0.25, 0.3) is 5.69 Å². The number of rotatable bonds is 4. The zero-order valence-corrected chi connectivity index (χ0v) is 13.6. The van der Waals surface area contributed by atoms with Crippen molar-refractivity contribution in [2.24, 2.45) is 0 Å². The van der Waals surface area contributed by atoms with Gasteiger partial charge in [0.1, 0.15) is 0 Å². The van der Waals surface area contributed by atoms with E-state index in [-0.39, 0.29) is 11.7 Å². The van der Waals surface area contributed by atoms with Crippen LogP contribution < -0.4 is 0 Å². The smallest absolute Gasteiger partial charge is 0.296 e. The summed E-state index contributed by atoms with van der Waals surface area (Å²) in [5, 5.41) is 11.6. The van der Waals surface area contributed by atoms with Gasteiger partial charge in [-0.15, -0.1) is 5.10 Å². The zero-order chi connectivity index (χ0) is 18.0. The fourth-order valence-corrected chi connectivity index (χ4v) is 2.68. The van der Waals surface area contributed by atoms with Gasteiger partial charge in [-0.05, 0) is 48.3 Å². The van der Waals surface area contributed by atoms with Crippen molar-refractivity contribution in [3.8, 4) is 5.69 Å². The molecular formula is C17H16F3N5. The van der Waals surface area contributed by atoms with Crippen molar-refractivity contribution >= 4 is 0 Å². The molecule has 8 heteroatoms. The summed E-state index contributed by atoms with van der Waals surface area (Å²) in [6.07, 6.45) is -4.43. The van der Waals surface area contributed by atoms with Gasteiger partial charge < -0.3 is 0 Å². The second kappa shape index (κ2) is 6.64. The van der Waals surface area contributed by atoms with E-state index in [1.54, 1.807) is 6.07 Å². The van der Waals surface area contributed by atoms with E-state index in [1.165, 1.54) is 10.7 Å². The predicted octanol–water partition coefficient (Wildman–Crippen LogP) is 3.33. The van der Waals surface area contributed by atoms with Gasteiger partial charge in [-0.1, -0.05) is 36.4 Å². The molecule has 0 saturated carbocycles. The van der Waals surface area contributed by atoms with Crippen LogP contribution in [0, 0.1) is 0 Å². The van der Waals surface area contributed by atoms with Crippen molar-refractivity contribution in [2.75, 3.05) is 14.1 Å². The van der Waals surface area contributed by atoms with Gasteiger partial charge in [0.2, 0.25) is 0 Å². The molecule has 0 aliphatic rings. The van der Waals surface area contributed by atoms with E-state index in [0.717, 1.165) is 17.7 Å². The minimum Gasteiger partial charge on any atom is -0.296 e. The van der Waals surface area contributed by atoms with E-state index in [2.05, 4.69) is 15.5 Å². The number of hydrogen-bond acceptors (Lipinski definition) is 4. The van der Waals surface area contributed by atoms with E-state index < -0.39 is 11.7 Å². The highest BCUT2D eigenvalue weighted by Crippen LogP contribution is 2.31. The second-order valence-corrected chi connectivity index (χ2v) is 5.77. The van der Waals surface area contributed by atoms with E-state index in [1.807, 2.05) is 49.3 Å². The van der Waals surface area contributed by atoms with Crippen LogP contribution >= 0.6 is 0 Å². The monoisotopic (exact) mass is 347 g/mol. The lowest BCUT2D eigenvalue weighted by atomic mass is 10.1. The quantitative estimate of drug-likeness (QED) is 0.726. The topological polar surface area (TPSA) is 46.8 Å². The number of nitrogens with zero attached hydrogens (tertiary/aromatic N) is 5. The highest BCUT2D eigenvalue weighted by Gasteiger charge is 2.31. The Morgan fingerprint density at radius 1 is 1.00 bits per heavy atom. The molecule has 25 heavy (non-hydrogen) atoms. The van der Waals surface area contributed by atoms with Crippen LogP contribution in [-0.4, -0.2) is 39.2 Å². The third-order valence-electron chi connectivity index (χ3n) is 3.79. The number of benzene rings is 2. The number of hydrogen-bond donors (Lipinski definition) is 0. The first-order chi connectivity index (χ1) is 11.9. The van der Waals surface area contributed by atoms with Crippen LogP contribution in [-0.2, 0) is 6.18 Å². The Bertz CT molecular complexity index is 843. The summed E-state index contributed by atoms with van der Waals surface area (Å²) in [7, 11) is 3.73. The van der Waals surface area contributed by atoms with E-state index in [4.69, 9.17) is 0 Å². The molecule has 3 rings (SSSR count). The van der Waals surface area contributed by atoms with Gasteiger partial charge in [0.25, 0.3) is 0 Å². The van der Waals surface area contributed by atoms with E-state index in [0.29, 0.717) is 5.82 Å². The van der Waals surface area contributed by atoms with Gasteiger partial charge in [0.05, 0.1) is 17.3 Å². The molecule has 0 spiro atoms. The lowest BCUT2D eigenvalue weighted by molar-refractivity contribution is -0.137. The molecule has 0 aliphatic carbocycles. The Hall–Kier alpha value is -2.74. The number of alkyl halides is 3. The number of tetrazole rings is 1. The Morgan fingerprint density at radius 2 is 1.72 bits per heavy atom. The first-order valence-electron chi connectivity index (χ1n) is 7.55. The van der Waals surface area contributed by atoms with Crippen LogP contribution in [0.2, 0.25) is 0 Å². The zero-order valence-electron chi connectivity index (χ0n) is 13.6. The van der Waals surface area contributed by atoms with Crippen molar-refractivity contribution in [3.05, 3.63) is 71.5 Å². The molecule has 0 radical (unpaired) electrons. The molecule has 130 valence electrons. The van der Waals surface area contributed by atoms with E-state index >= 15 is 0 Å². The van der Waals surface area contributed by atoms with Crippen molar-refractivity contribution in [3.63, 3.8) is 0 Å². The van der Waals surface area contributed by atoms with Gasteiger partial charge in [-0.3, -0.25) is 4.90 Å². The summed E-state index contributed by atoms with van der Waals surface area (Å²) < 4.78 is 40.3. The first kappa shape index (κ1) is 17.1. The molecule has 0 N–H and O–H groups in total. The lowest BCUT2D eigenvalue weighted by Gasteiger charge is -2.23. The van der Waals surface area contributed by atoms with Gasteiger partial charge >= 0.3 is 6.18 Å². The van der Waals surface area contributed by atoms with Gasteiger partial charge in [-0.25, -0.2) is 0 Å². The summed E-state index contributed by atoms with van der Waals surface area (Å²) in [5.41, 5.74) is 0.459. The summed E-state index contributed by atoms with van der Waals surface area (Å²) in [4.78, 5) is 1.91. The molecule has 1 heterocycles. The summed E-state index contributed by atoms with van der Waals surface area (Å²) in [5.74, 6) is 0.440. The molecule has 1 atom stereocenters. The Morgan fingerprint density at radius 3 is 2.36 bits per heavy atom. The van der Waals surface area contributed by atoms with E-state index in [9.17, 15) is 13.2 Å². The van der Waals surface area contributed by atoms with Crippen LogP contribution in [0.1, 0.15) is 23.0 Å². The first-order valence-corrected chi connectivity index (χ1v) is 7.55. The highest BCUT2D eigenvalue weighted by atomic mass is 19.4.